The molecule has 1 amide bonds. The van der Waals surface area contributed by atoms with Crippen molar-refractivity contribution in [2.24, 2.45) is 5.92 Å². The Morgan fingerprint density at radius 2 is 2.35 bits per heavy atom. The van der Waals surface area contributed by atoms with Crippen molar-refractivity contribution < 1.29 is 4.79 Å². The Balaban J connectivity index is 2.33. The molecule has 2 heterocycles. The van der Waals surface area contributed by atoms with E-state index in [2.05, 4.69) is 17.1 Å². The zero-order chi connectivity index (χ0) is 14.7. The number of thioether (sulfide) groups is 1. The molecule has 0 spiro atoms. The summed E-state index contributed by atoms with van der Waals surface area (Å²) in [6.07, 6.45) is 5.77. The first-order valence-electron chi connectivity index (χ1n) is 7.05. The molecule has 112 valence electrons. The smallest absolute Gasteiger partial charge is 0.263 e. The van der Waals surface area contributed by atoms with E-state index in [4.69, 9.17) is 5.73 Å². The second-order valence-electron chi connectivity index (χ2n) is 5.12. The number of rotatable bonds is 4. The number of nitrogens with zero attached hydrogens (tertiary/aromatic N) is 1. The van der Waals surface area contributed by atoms with E-state index >= 15 is 0 Å². The van der Waals surface area contributed by atoms with Gasteiger partial charge in [-0.2, -0.15) is 0 Å². The number of amides is 1. The Morgan fingerprint density at radius 1 is 1.60 bits per heavy atom. The fourth-order valence-electron chi connectivity index (χ4n) is 2.69. The van der Waals surface area contributed by atoms with Crippen LogP contribution in [-0.2, 0) is 0 Å². The zero-order valence-corrected chi connectivity index (χ0v) is 14.0. The monoisotopic (exact) mass is 313 g/mol. The van der Waals surface area contributed by atoms with Crippen LogP contribution in [0.4, 0.5) is 10.7 Å². The average Bonchev–Trinajstić information content (AvgIpc) is 2.83. The van der Waals surface area contributed by atoms with Gasteiger partial charge in [0.15, 0.2) is 0 Å². The molecule has 1 fully saturated rings. The maximum absolute atomic E-state index is 11.9. The molecule has 2 rings (SSSR count). The number of carbonyl (C=O) groups is 1. The molecule has 1 aliphatic rings. The van der Waals surface area contributed by atoms with Crippen LogP contribution < -0.4 is 16.0 Å². The molecular formula is C14H23N3OS2. The number of nitrogens with one attached hydrogen (secondary N) is 1. The summed E-state index contributed by atoms with van der Waals surface area (Å²) >= 11 is 3.17. The summed E-state index contributed by atoms with van der Waals surface area (Å²) in [5.74, 6) is 0.670. The zero-order valence-electron chi connectivity index (χ0n) is 12.4. The van der Waals surface area contributed by atoms with Gasteiger partial charge < -0.3 is 16.0 Å². The van der Waals surface area contributed by atoms with Crippen molar-refractivity contribution in [2.75, 3.05) is 37.0 Å². The van der Waals surface area contributed by atoms with Crippen molar-refractivity contribution in [3.05, 3.63) is 4.88 Å². The van der Waals surface area contributed by atoms with E-state index in [1.807, 2.05) is 6.26 Å². The maximum atomic E-state index is 11.9. The SMILES string of the molecule is CCC1CCCN(c2sc(C(=O)NC)c(N)c2SC)C1. The Kier molecular flexibility index (Phi) is 5.21. The van der Waals surface area contributed by atoms with Crippen LogP contribution in [-0.4, -0.2) is 32.3 Å². The Hall–Kier alpha value is -0.880. The van der Waals surface area contributed by atoms with Gasteiger partial charge in [-0.1, -0.05) is 13.3 Å². The summed E-state index contributed by atoms with van der Waals surface area (Å²) in [7, 11) is 1.65. The minimum absolute atomic E-state index is 0.0851. The standard InChI is InChI=1S/C14H23N3OS2/c1-4-9-6-5-7-17(8-9)14-12(19-3)10(15)11(20-14)13(18)16-2/h9H,4-8,15H2,1-3H3,(H,16,18). The van der Waals surface area contributed by atoms with Crippen LogP contribution in [0, 0.1) is 5.92 Å². The van der Waals surface area contributed by atoms with Crippen molar-refractivity contribution in [3.63, 3.8) is 0 Å². The van der Waals surface area contributed by atoms with E-state index in [0.29, 0.717) is 10.6 Å². The number of nitrogens with two attached hydrogens (primary N) is 1. The number of thiophene rings is 1. The van der Waals surface area contributed by atoms with Crippen LogP contribution in [0.1, 0.15) is 35.9 Å². The van der Waals surface area contributed by atoms with Gasteiger partial charge in [0.1, 0.15) is 9.88 Å². The summed E-state index contributed by atoms with van der Waals surface area (Å²) in [4.78, 5) is 16.0. The van der Waals surface area contributed by atoms with Gasteiger partial charge in [-0.05, 0) is 25.0 Å². The molecule has 1 unspecified atom stereocenters. The molecule has 0 aliphatic carbocycles. The summed E-state index contributed by atoms with van der Waals surface area (Å²) < 4.78 is 0. The average molecular weight is 313 g/mol. The molecule has 20 heavy (non-hydrogen) atoms. The Morgan fingerprint density at radius 3 is 2.95 bits per heavy atom. The van der Waals surface area contributed by atoms with E-state index < -0.39 is 0 Å². The normalized spacial score (nSPS) is 19.1. The first-order valence-corrected chi connectivity index (χ1v) is 9.09. The summed E-state index contributed by atoms with van der Waals surface area (Å²) in [5.41, 5.74) is 6.80. The lowest BCUT2D eigenvalue weighted by Crippen LogP contribution is -2.34. The molecule has 1 atom stereocenters. The number of nitrogen functional groups attached to an aromatic ring is 1. The topological polar surface area (TPSA) is 58.4 Å². The van der Waals surface area contributed by atoms with Crippen molar-refractivity contribution in [2.45, 2.75) is 31.1 Å². The van der Waals surface area contributed by atoms with Crippen molar-refractivity contribution >= 4 is 39.7 Å². The third kappa shape index (κ3) is 2.91. The number of hydrogen-bond donors (Lipinski definition) is 2. The largest absolute Gasteiger partial charge is 0.396 e. The summed E-state index contributed by atoms with van der Waals surface area (Å²) in [6.45, 7) is 4.40. The lowest BCUT2D eigenvalue weighted by Gasteiger charge is -2.33. The highest BCUT2D eigenvalue weighted by molar-refractivity contribution is 7.99. The third-order valence-electron chi connectivity index (χ3n) is 3.90. The molecule has 1 aromatic heterocycles. The van der Waals surface area contributed by atoms with Gasteiger partial charge in [0, 0.05) is 20.1 Å². The highest BCUT2D eigenvalue weighted by Crippen LogP contribution is 2.45. The number of hydrogen-bond acceptors (Lipinski definition) is 5. The van der Waals surface area contributed by atoms with Gasteiger partial charge in [-0.15, -0.1) is 23.1 Å². The first kappa shape index (κ1) is 15.5. The van der Waals surface area contributed by atoms with Crippen LogP contribution >= 0.6 is 23.1 Å². The molecule has 0 saturated carbocycles. The van der Waals surface area contributed by atoms with Gasteiger partial charge >= 0.3 is 0 Å². The van der Waals surface area contributed by atoms with Crippen molar-refractivity contribution in [1.82, 2.24) is 5.32 Å². The fraction of sp³-hybridized carbons (Fsp3) is 0.643. The second kappa shape index (κ2) is 6.72. The molecule has 3 N–H and O–H groups in total. The maximum Gasteiger partial charge on any atom is 0.263 e. The molecule has 1 aromatic rings. The van der Waals surface area contributed by atoms with E-state index in [9.17, 15) is 4.79 Å². The summed E-state index contributed by atoms with van der Waals surface area (Å²) in [5, 5.41) is 3.85. The minimum atomic E-state index is -0.0851. The lowest BCUT2D eigenvalue weighted by molar-refractivity contribution is 0.0968. The molecule has 1 saturated heterocycles. The van der Waals surface area contributed by atoms with E-state index in [1.165, 1.54) is 35.6 Å². The van der Waals surface area contributed by atoms with Crippen LogP contribution in [0.25, 0.3) is 0 Å². The van der Waals surface area contributed by atoms with Gasteiger partial charge in [-0.3, -0.25) is 4.79 Å². The predicted molar refractivity (Wildman–Crippen MR) is 89.1 cm³/mol. The van der Waals surface area contributed by atoms with Gasteiger partial charge in [0.05, 0.1) is 10.6 Å². The molecule has 1 aliphatic heterocycles. The Bertz CT molecular complexity index is 487. The quantitative estimate of drug-likeness (QED) is 0.839. The molecular weight excluding hydrogens is 290 g/mol. The van der Waals surface area contributed by atoms with Gasteiger partial charge in [-0.25, -0.2) is 0 Å². The minimum Gasteiger partial charge on any atom is -0.396 e. The van der Waals surface area contributed by atoms with Crippen molar-refractivity contribution in [1.29, 1.82) is 0 Å². The van der Waals surface area contributed by atoms with Crippen LogP contribution in [0.15, 0.2) is 4.90 Å². The second-order valence-corrected chi connectivity index (χ2v) is 6.94. The fourth-order valence-corrected chi connectivity index (χ4v) is 4.85. The van der Waals surface area contributed by atoms with Gasteiger partial charge in [0.2, 0.25) is 0 Å². The van der Waals surface area contributed by atoms with E-state index in [0.717, 1.165) is 23.9 Å². The van der Waals surface area contributed by atoms with E-state index in [1.54, 1.807) is 18.8 Å². The van der Waals surface area contributed by atoms with Crippen LogP contribution in [0.2, 0.25) is 0 Å². The highest BCUT2D eigenvalue weighted by Gasteiger charge is 2.26. The Labute approximate surface area is 129 Å². The van der Waals surface area contributed by atoms with Gasteiger partial charge in [0.25, 0.3) is 5.91 Å². The molecule has 4 nitrogen and oxygen atoms in total. The van der Waals surface area contributed by atoms with E-state index in [-0.39, 0.29) is 5.91 Å². The van der Waals surface area contributed by atoms with Crippen LogP contribution in [0.5, 0.6) is 0 Å². The molecule has 0 bridgehead atoms. The summed E-state index contributed by atoms with van der Waals surface area (Å²) in [6, 6.07) is 0. The molecule has 6 heteroatoms. The molecule has 0 radical (unpaired) electrons. The number of carbonyl (C=O) groups excluding carboxylic acids is 1. The van der Waals surface area contributed by atoms with Crippen molar-refractivity contribution in [3.8, 4) is 0 Å². The first-order chi connectivity index (χ1) is 9.62. The van der Waals surface area contributed by atoms with Crippen LogP contribution in [0.3, 0.4) is 0 Å². The third-order valence-corrected chi connectivity index (χ3v) is 6.12. The molecule has 0 aromatic carbocycles. The number of piperidine rings is 1. The predicted octanol–water partition coefficient (Wildman–Crippen LogP) is 3.04. The number of anilines is 2. The highest BCUT2D eigenvalue weighted by atomic mass is 32.2. The lowest BCUT2D eigenvalue weighted by atomic mass is 9.96.